The molecule has 1 amide bonds. The van der Waals surface area contributed by atoms with Gasteiger partial charge in [0.25, 0.3) is 0 Å². The topological polar surface area (TPSA) is 44.4 Å². The van der Waals surface area contributed by atoms with Crippen LogP contribution in [0.2, 0.25) is 0 Å². The van der Waals surface area contributed by atoms with Crippen molar-refractivity contribution in [2.24, 2.45) is 5.92 Å². The molecule has 0 radical (unpaired) electrons. The third-order valence-electron chi connectivity index (χ3n) is 4.78. The van der Waals surface area contributed by atoms with Gasteiger partial charge in [0.05, 0.1) is 6.54 Å². The van der Waals surface area contributed by atoms with Crippen molar-refractivity contribution in [3.05, 3.63) is 35.6 Å². The lowest BCUT2D eigenvalue weighted by atomic mass is 10.0. The van der Waals surface area contributed by atoms with E-state index in [1.807, 2.05) is 0 Å². The molecule has 0 aromatic heterocycles. The van der Waals surface area contributed by atoms with Gasteiger partial charge in [-0.3, -0.25) is 9.69 Å². The van der Waals surface area contributed by atoms with Gasteiger partial charge in [-0.25, -0.2) is 4.39 Å². The Kier molecular flexibility index (Phi) is 5.62. The van der Waals surface area contributed by atoms with Crippen LogP contribution >= 0.6 is 0 Å². The van der Waals surface area contributed by atoms with Crippen LogP contribution in [0.1, 0.15) is 31.2 Å². The maximum atomic E-state index is 13.5. The molecule has 23 heavy (non-hydrogen) atoms. The van der Waals surface area contributed by atoms with Crippen LogP contribution in [0, 0.1) is 11.7 Å². The van der Waals surface area contributed by atoms with Crippen LogP contribution < -0.4 is 10.6 Å². The van der Waals surface area contributed by atoms with E-state index in [-0.39, 0.29) is 18.3 Å². The van der Waals surface area contributed by atoms with Crippen molar-refractivity contribution < 1.29 is 9.18 Å². The molecular formula is C18H26FN3O. The number of piperidine rings is 1. The fraction of sp³-hybridized carbons (Fsp3) is 0.611. The molecular weight excluding hydrogens is 293 g/mol. The fourth-order valence-electron chi connectivity index (χ4n) is 3.05. The number of amides is 1. The van der Waals surface area contributed by atoms with Crippen molar-refractivity contribution in [1.29, 1.82) is 0 Å². The lowest BCUT2D eigenvalue weighted by Crippen LogP contribution is -2.46. The van der Waals surface area contributed by atoms with E-state index in [2.05, 4.69) is 15.5 Å². The Hall–Kier alpha value is -1.46. The summed E-state index contributed by atoms with van der Waals surface area (Å²) in [6.45, 7) is 3.73. The Morgan fingerprint density at radius 2 is 1.91 bits per heavy atom. The van der Waals surface area contributed by atoms with Crippen LogP contribution in [0.3, 0.4) is 0 Å². The second-order valence-corrected chi connectivity index (χ2v) is 6.77. The third-order valence-corrected chi connectivity index (χ3v) is 4.78. The Labute approximate surface area is 137 Å². The van der Waals surface area contributed by atoms with Gasteiger partial charge < -0.3 is 10.6 Å². The summed E-state index contributed by atoms with van der Waals surface area (Å²) in [4.78, 5) is 14.2. The number of nitrogens with one attached hydrogen (secondary N) is 2. The first-order valence-corrected chi connectivity index (χ1v) is 8.66. The number of hydrogen-bond acceptors (Lipinski definition) is 3. The molecule has 0 atom stereocenters. The van der Waals surface area contributed by atoms with Gasteiger partial charge >= 0.3 is 0 Å². The van der Waals surface area contributed by atoms with E-state index >= 15 is 0 Å². The summed E-state index contributed by atoms with van der Waals surface area (Å²) in [6, 6.07) is 7.16. The molecule has 1 saturated heterocycles. The summed E-state index contributed by atoms with van der Waals surface area (Å²) < 4.78 is 13.5. The molecule has 1 saturated carbocycles. The van der Waals surface area contributed by atoms with E-state index in [1.165, 1.54) is 18.9 Å². The van der Waals surface area contributed by atoms with Crippen LogP contribution in [-0.2, 0) is 11.3 Å². The standard InChI is InChI=1S/C18H26FN3O/c19-17-4-2-1-3-15(17)12-21-18(23)13-22-9-7-16(8-10-22)20-11-14-5-6-14/h1-4,14,16,20H,5-13H2,(H,21,23). The van der Waals surface area contributed by atoms with E-state index < -0.39 is 0 Å². The molecule has 2 fully saturated rings. The number of nitrogens with zero attached hydrogens (tertiary/aromatic N) is 1. The van der Waals surface area contributed by atoms with Gasteiger partial charge in [0.2, 0.25) is 5.91 Å². The van der Waals surface area contributed by atoms with Crippen LogP contribution in [0.4, 0.5) is 4.39 Å². The highest BCUT2D eigenvalue weighted by atomic mass is 19.1. The van der Waals surface area contributed by atoms with Crippen LogP contribution in [0.25, 0.3) is 0 Å². The number of hydrogen-bond donors (Lipinski definition) is 2. The zero-order chi connectivity index (χ0) is 16.1. The first-order chi connectivity index (χ1) is 11.2. The minimum atomic E-state index is -0.268. The Morgan fingerprint density at radius 3 is 2.61 bits per heavy atom. The highest BCUT2D eigenvalue weighted by molar-refractivity contribution is 5.78. The monoisotopic (exact) mass is 319 g/mol. The summed E-state index contributed by atoms with van der Waals surface area (Å²) in [5, 5.41) is 6.45. The maximum Gasteiger partial charge on any atom is 0.234 e. The molecule has 3 rings (SSSR count). The maximum absolute atomic E-state index is 13.5. The lowest BCUT2D eigenvalue weighted by molar-refractivity contribution is -0.122. The van der Waals surface area contributed by atoms with E-state index in [9.17, 15) is 9.18 Å². The summed E-state index contributed by atoms with van der Waals surface area (Å²) in [5.74, 6) is 0.616. The molecule has 2 N–H and O–H groups in total. The molecule has 2 aliphatic rings. The highest BCUT2D eigenvalue weighted by Crippen LogP contribution is 2.28. The van der Waals surface area contributed by atoms with E-state index in [1.54, 1.807) is 18.2 Å². The van der Waals surface area contributed by atoms with E-state index in [0.717, 1.165) is 38.4 Å². The van der Waals surface area contributed by atoms with Crippen molar-refractivity contribution in [3.8, 4) is 0 Å². The fourth-order valence-corrected chi connectivity index (χ4v) is 3.05. The molecule has 5 heteroatoms. The minimum absolute atomic E-state index is 0.0300. The summed E-state index contributed by atoms with van der Waals surface area (Å²) in [5.41, 5.74) is 0.531. The Bertz CT molecular complexity index is 525. The van der Waals surface area contributed by atoms with Crippen molar-refractivity contribution in [2.45, 2.75) is 38.3 Å². The van der Waals surface area contributed by atoms with Crippen LogP contribution in [0.5, 0.6) is 0 Å². The second kappa shape index (κ2) is 7.88. The molecule has 1 heterocycles. The molecule has 0 bridgehead atoms. The average molecular weight is 319 g/mol. The van der Waals surface area contributed by atoms with Gasteiger partial charge in [0.15, 0.2) is 0 Å². The largest absolute Gasteiger partial charge is 0.351 e. The molecule has 1 aromatic carbocycles. The zero-order valence-electron chi connectivity index (χ0n) is 13.6. The Morgan fingerprint density at radius 1 is 1.17 bits per heavy atom. The highest BCUT2D eigenvalue weighted by Gasteiger charge is 2.24. The average Bonchev–Trinajstić information content (AvgIpc) is 3.38. The van der Waals surface area contributed by atoms with Gasteiger partial charge in [-0.1, -0.05) is 18.2 Å². The van der Waals surface area contributed by atoms with Gasteiger partial charge in [0.1, 0.15) is 5.82 Å². The molecule has 1 aromatic rings. The second-order valence-electron chi connectivity index (χ2n) is 6.77. The number of carbonyl (C=O) groups excluding carboxylic acids is 1. The molecule has 1 aliphatic heterocycles. The Balaban J connectivity index is 1.33. The molecule has 4 nitrogen and oxygen atoms in total. The number of rotatable bonds is 7. The van der Waals surface area contributed by atoms with E-state index in [4.69, 9.17) is 0 Å². The predicted octanol–water partition coefficient (Wildman–Crippen LogP) is 1.91. The van der Waals surface area contributed by atoms with Crippen molar-refractivity contribution in [1.82, 2.24) is 15.5 Å². The van der Waals surface area contributed by atoms with Gasteiger partial charge in [-0.15, -0.1) is 0 Å². The van der Waals surface area contributed by atoms with Gasteiger partial charge in [0, 0.05) is 31.2 Å². The minimum Gasteiger partial charge on any atom is -0.351 e. The number of carbonyl (C=O) groups is 1. The normalized spacial score (nSPS) is 19.7. The molecule has 0 spiro atoms. The molecule has 0 unspecified atom stereocenters. The first-order valence-electron chi connectivity index (χ1n) is 8.66. The predicted molar refractivity (Wildman–Crippen MR) is 88.4 cm³/mol. The zero-order valence-corrected chi connectivity index (χ0v) is 13.6. The van der Waals surface area contributed by atoms with Crippen molar-refractivity contribution >= 4 is 5.91 Å². The molecule has 1 aliphatic carbocycles. The van der Waals surface area contributed by atoms with E-state index in [0.29, 0.717) is 18.2 Å². The summed E-state index contributed by atoms with van der Waals surface area (Å²) in [7, 11) is 0. The summed E-state index contributed by atoms with van der Waals surface area (Å²) >= 11 is 0. The van der Waals surface area contributed by atoms with Crippen molar-refractivity contribution in [2.75, 3.05) is 26.2 Å². The third kappa shape index (κ3) is 5.29. The SMILES string of the molecule is O=C(CN1CCC(NCC2CC2)CC1)NCc1ccccc1F. The molecule has 126 valence electrons. The van der Waals surface area contributed by atoms with Crippen LogP contribution in [-0.4, -0.2) is 43.0 Å². The summed E-state index contributed by atoms with van der Waals surface area (Å²) in [6.07, 6.45) is 4.97. The van der Waals surface area contributed by atoms with Crippen LogP contribution in [0.15, 0.2) is 24.3 Å². The first kappa shape index (κ1) is 16.4. The van der Waals surface area contributed by atoms with Gasteiger partial charge in [-0.2, -0.15) is 0 Å². The van der Waals surface area contributed by atoms with Gasteiger partial charge in [-0.05, 0) is 44.2 Å². The quantitative estimate of drug-likeness (QED) is 0.807. The lowest BCUT2D eigenvalue weighted by Gasteiger charge is -2.32. The van der Waals surface area contributed by atoms with Crippen molar-refractivity contribution in [3.63, 3.8) is 0 Å². The number of likely N-dealkylation sites (tertiary alicyclic amines) is 1. The number of halogens is 1. The smallest absolute Gasteiger partial charge is 0.234 e. The number of benzene rings is 1.